The fourth-order valence-corrected chi connectivity index (χ4v) is 2.40. The highest BCUT2D eigenvalue weighted by atomic mass is 16.3. The van der Waals surface area contributed by atoms with Gasteiger partial charge in [-0.05, 0) is 31.6 Å². The largest absolute Gasteiger partial charge is 0.391 e. The maximum absolute atomic E-state index is 11.8. The third kappa shape index (κ3) is 2.71. The van der Waals surface area contributed by atoms with E-state index in [0.29, 0.717) is 5.92 Å². The smallest absolute Gasteiger partial charge is 0.223 e. The van der Waals surface area contributed by atoms with E-state index in [4.69, 9.17) is 0 Å². The van der Waals surface area contributed by atoms with Crippen LogP contribution in [0, 0.1) is 11.8 Å². The van der Waals surface area contributed by atoms with Gasteiger partial charge in [0, 0.05) is 5.92 Å². The van der Waals surface area contributed by atoms with Gasteiger partial charge in [-0.15, -0.1) is 0 Å². The van der Waals surface area contributed by atoms with E-state index < -0.39 is 0 Å². The first-order valence-electron chi connectivity index (χ1n) is 6.17. The van der Waals surface area contributed by atoms with Crippen LogP contribution >= 0.6 is 0 Å². The molecule has 2 aliphatic carbocycles. The van der Waals surface area contributed by atoms with Crippen LogP contribution in [0.1, 0.15) is 45.4 Å². The number of nitrogens with one attached hydrogen (secondary N) is 1. The summed E-state index contributed by atoms with van der Waals surface area (Å²) in [7, 11) is 0. The first kappa shape index (κ1) is 10.9. The molecule has 0 heterocycles. The normalized spacial score (nSPS) is 33.5. The lowest BCUT2D eigenvalue weighted by Gasteiger charge is -2.29. The highest BCUT2D eigenvalue weighted by Gasteiger charge is 2.34. The van der Waals surface area contributed by atoms with Crippen molar-refractivity contribution in [3.8, 4) is 0 Å². The van der Waals surface area contributed by atoms with Crippen molar-refractivity contribution in [3.05, 3.63) is 0 Å². The Kier molecular flexibility index (Phi) is 3.29. The molecular weight excluding hydrogens is 190 g/mol. The number of carbonyl (C=O) groups excluding carboxylic acids is 1. The quantitative estimate of drug-likeness (QED) is 0.742. The Morgan fingerprint density at radius 2 is 1.93 bits per heavy atom. The lowest BCUT2D eigenvalue weighted by Crippen LogP contribution is -2.47. The Balaban J connectivity index is 1.81. The highest BCUT2D eigenvalue weighted by molar-refractivity contribution is 5.79. The number of carbonyl (C=O) groups is 1. The number of rotatable bonds is 3. The fraction of sp³-hybridized carbons (Fsp3) is 0.917. The highest BCUT2D eigenvalue weighted by Crippen LogP contribution is 2.36. The Labute approximate surface area is 91.2 Å². The van der Waals surface area contributed by atoms with Gasteiger partial charge in [-0.1, -0.05) is 19.8 Å². The second-order valence-corrected chi connectivity index (χ2v) is 5.09. The van der Waals surface area contributed by atoms with Crippen molar-refractivity contribution in [3.63, 3.8) is 0 Å². The summed E-state index contributed by atoms with van der Waals surface area (Å²) in [5.74, 6) is 0.883. The summed E-state index contributed by atoms with van der Waals surface area (Å²) in [6.45, 7) is 2.00. The molecule has 2 fully saturated rings. The van der Waals surface area contributed by atoms with E-state index in [2.05, 4.69) is 5.32 Å². The number of hydrogen-bond donors (Lipinski definition) is 2. The predicted molar refractivity (Wildman–Crippen MR) is 58.3 cm³/mol. The summed E-state index contributed by atoms with van der Waals surface area (Å²) in [6.07, 6.45) is 6.05. The maximum atomic E-state index is 11.8. The molecule has 0 aromatic carbocycles. The Morgan fingerprint density at radius 1 is 1.27 bits per heavy atom. The van der Waals surface area contributed by atoms with E-state index in [1.165, 1.54) is 12.8 Å². The van der Waals surface area contributed by atoms with E-state index in [0.717, 1.165) is 25.7 Å². The molecule has 1 amide bonds. The van der Waals surface area contributed by atoms with E-state index in [-0.39, 0.29) is 24.0 Å². The molecule has 0 aliphatic heterocycles. The van der Waals surface area contributed by atoms with Crippen molar-refractivity contribution in [2.24, 2.45) is 11.8 Å². The monoisotopic (exact) mass is 211 g/mol. The Hall–Kier alpha value is -0.570. The SMILES string of the molecule is CC(C(=O)N[C@@H]1CCCC[C@H]1O)C1CC1. The molecule has 3 nitrogen and oxygen atoms in total. The van der Waals surface area contributed by atoms with Crippen LogP contribution in [0.3, 0.4) is 0 Å². The fourth-order valence-electron chi connectivity index (χ4n) is 2.40. The van der Waals surface area contributed by atoms with Gasteiger partial charge in [-0.25, -0.2) is 0 Å². The van der Waals surface area contributed by atoms with Gasteiger partial charge < -0.3 is 10.4 Å². The molecule has 3 atom stereocenters. The molecule has 0 aromatic heterocycles. The third-order valence-electron chi connectivity index (χ3n) is 3.80. The summed E-state index contributed by atoms with van der Waals surface area (Å²) in [4.78, 5) is 11.8. The minimum Gasteiger partial charge on any atom is -0.391 e. The zero-order valence-corrected chi connectivity index (χ0v) is 9.41. The minimum absolute atomic E-state index is 0.00690. The van der Waals surface area contributed by atoms with Crippen LogP contribution in [0.25, 0.3) is 0 Å². The first-order valence-corrected chi connectivity index (χ1v) is 6.17. The number of hydrogen-bond acceptors (Lipinski definition) is 2. The molecule has 0 spiro atoms. The van der Waals surface area contributed by atoms with E-state index in [1.54, 1.807) is 0 Å². The average molecular weight is 211 g/mol. The predicted octanol–water partition coefficient (Wildman–Crippen LogP) is 1.45. The molecule has 2 aliphatic rings. The van der Waals surface area contributed by atoms with Gasteiger partial charge in [0.05, 0.1) is 12.1 Å². The second kappa shape index (κ2) is 4.52. The molecule has 0 saturated heterocycles. The average Bonchev–Trinajstić information content (AvgIpc) is 3.04. The van der Waals surface area contributed by atoms with E-state index in [9.17, 15) is 9.90 Å². The zero-order valence-electron chi connectivity index (χ0n) is 9.41. The topological polar surface area (TPSA) is 49.3 Å². The van der Waals surface area contributed by atoms with Gasteiger partial charge in [0.2, 0.25) is 5.91 Å². The van der Waals surface area contributed by atoms with Crippen LogP contribution < -0.4 is 5.32 Å². The van der Waals surface area contributed by atoms with Crippen molar-refractivity contribution >= 4 is 5.91 Å². The molecule has 2 N–H and O–H groups in total. The lowest BCUT2D eigenvalue weighted by atomic mass is 9.92. The number of aliphatic hydroxyl groups excluding tert-OH is 1. The maximum Gasteiger partial charge on any atom is 0.223 e. The van der Waals surface area contributed by atoms with Crippen LogP contribution in [0.4, 0.5) is 0 Å². The van der Waals surface area contributed by atoms with Gasteiger partial charge >= 0.3 is 0 Å². The summed E-state index contributed by atoms with van der Waals surface area (Å²) in [5, 5.41) is 12.7. The Bertz CT molecular complexity index is 238. The molecule has 0 bridgehead atoms. The van der Waals surface area contributed by atoms with Crippen molar-refractivity contribution in [1.29, 1.82) is 0 Å². The van der Waals surface area contributed by atoms with E-state index >= 15 is 0 Å². The molecule has 1 unspecified atom stereocenters. The Morgan fingerprint density at radius 3 is 2.53 bits per heavy atom. The van der Waals surface area contributed by atoms with Crippen molar-refractivity contribution in [1.82, 2.24) is 5.32 Å². The van der Waals surface area contributed by atoms with Crippen LogP contribution in [0.15, 0.2) is 0 Å². The second-order valence-electron chi connectivity index (χ2n) is 5.09. The molecule has 15 heavy (non-hydrogen) atoms. The van der Waals surface area contributed by atoms with Crippen molar-refractivity contribution in [2.45, 2.75) is 57.6 Å². The number of amides is 1. The summed E-state index contributed by atoms with van der Waals surface area (Å²) >= 11 is 0. The summed E-state index contributed by atoms with van der Waals surface area (Å²) in [6, 6.07) is 0.00690. The van der Waals surface area contributed by atoms with Gasteiger partial charge in [0.25, 0.3) is 0 Å². The standard InChI is InChI=1S/C12H21NO2/c1-8(9-6-7-9)12(15)13-10-4-2-3-5-11(10)14/h8-11,14H,2-7H2,1H3,(H,13,15)/t8?,10-,11-/m1/s1. The van der Waals surface area contributed by atoms with Crippen LogP contribution in [0.2, 0.25) is 0 Å². The first-order chi connectivity index (χ1) is 7.18. The van der Waals surface area contributed by atoms with Gasteiger partial charge in [0.15, 0.2) is 0 Å². The molecular formula is C12H21NO2. The van der Waals surface area contributed by atoms with Gasteiger partial charge in [-0.3, -0.25) is 4.79 Å². The van der Waals surface area contributed by atoms with Gasteiger partial charge in [-0.2, -0.15) is 0 Å². The molecule has 0 radical (unpaired) electrons. The lowest BCUT2D eigenvalue weighted by molar-refractivity contribution is -0.127. The van der Waals surface area contributed by atoms with Gasteiger partial charge in [0.1, 0.15) is 0 Å². The molecule has 3 heteroatoms. The number of aliphatic hydroxyl groups is 1. The van der Waals surface area contributed by atoms with Crippen LogP contribution in [-0.2, 0) is 4.79 Å². The van der Waals surface area contributed by atoms with E-state index in [1.807, 2.05) is 6.92 Å². The minimum atomic E-state index is -0.325. The molecule has 86 valence electrons. The van der Waals surface area contributed by atoms with Crippen LogP contribution in [0.5, 0.6) is 0 Å². The summed E-state index contributed by atoms with van der Waals surface area (Å²) in [5.41, 5.74) is 0. The molecule has 2 rings (SSSR count). The summed E-state index contributed by atoms with van der Waals surface area (Å²) < 4.78 is 0. The van der Waals surface area contributed by atoms with Crippen LogP contribution in [-0.4, -0.2) is 23.2 Å². The molecule has 2 saturated carbocycles. The zero-order chi connectivity index (χ0) is 10.8. The third-order valence-corrected chi connectivity index (χ3v) is 3.80. The van der Waals surface area contributed by atoms with Crippen molar-refractivity contribution < 1.29 is 9.90 Å². The molecule has 0 aromatic rings. The van der Waals surface area contributed by atoms with Crippen molar-refractivity contribution in [2.75, 3.05) is 0 Å².